The van der Waals surface area contributed by atoms with Crippen molar-refractivity contribution in [2.75, 3.05) is 7.11 Å². The molecule has 0 amide bonds. The molecule has 3 heteroatoms. The largest absolute Gasteiger partial charge is 0.495 e. The van der Waals surface area contributed by atoms with Crippen LogP contribution >= 0.6 is 15.9 Å². The van der Waals surface area contributed by atoms with Crippen LogP contribution in [0.2, 0.25) is 0 Å². The minimum atomic E-state index is 0.405. The molecule has 0 saturated carbocycles. The fourth-order valence-electron chi connectivity index (χ4n) is 1.69. The molecule has 2 nitrogen and oxygen atoms in total. The lowest BCUT2D eigenvalue weighted by atomic mass is 9.98. The molecule has 0 spiro atoms. The van der Waals surface area contributed by atoms with Crippen LogP contribution < -0.4 is 4.74 Å². The highest BCUT2D eigenvalue weighted by Gasteiger charge is 2.12. The zero-order valence-electron chi connectivity index (χ0n) is 9.92. The summed E-state index contributed by atoms with van der Waals surface area (Å²) in [5, 5.41) is 0. The molecule has 0 saturated heterocycles. The first-order valence-electron chi connectivity index (χ1n) is 5.40. The van der Waals surface area contributed by atoms with Gasteiger partial charge in [-0.15, -0.1) is 0 Å². The first-order valence-corrected chi connectivity index (χ1v) is 6.19. The predicted molar refractivity (Wildman–Crippen MR) is 69.2 cm³/mol. The molecule has 0 aliphatic heterocycles. The van der Waals surface area contributed by atoms with Gasteiger partial charge in [0.05, 0.1) is 11.6 Å². The third-order valence-corrected chi connectivity index (χ3v) is 3.10. The van der Waals surface area contributed by atoms with E-state index >= 15 is 0 Å². The van der Waals surface area contributed by atoms with Crippen LogP contribution in [0.1, 0.15) is 37.3 Å². The van der Waals surface area contributed by atoms with Gasteiger partial charge >= 0.3 is 0 Å². The normalized spacial score (nSPS) is 10.6. The number of rotatable bonds is 5. The van der Waals surface area contributed by atoms with E-state index in [-0.39, 0.29) is 0 Å². The van der Waals surface area contributed by atoms with Gasteiger partial charge in [-0.25, -0.2) is 0 Å². The summed E-state index contributed by atoms with van der Waals surface area (Å²) < 4.78 is 6.34. The minimum Gasteiger partial charge on any atom is -0.495 e. The average molecular weight is 285 g/mol. The van der Waals surface area contributed by atoms with E-state index in [0.717, 1.165) is 22.9 Å². The summed E-state index contributed by atoms with van der Waals surface area (Å²) in [4.78, 5) is 10.4. The number of hydrogen-bond donors (Lipinski definition) is 0. The van der Waals surface area contributed by atoms with Crippen LogP contribution in [0, 0.1) is 0 Å². The Hall–Kier alpha value is -0.830. The number of carbonyl (C=O) groups excluding carboxylic acids is 1. The maximum Gasteiger partial charge on any atom is 0.136 e. The topological polar surface area (TPSA) is 26.3 Å². The van der Waals surface area contributed by atoms with Crippen LogP contribution in [0.15, 0.2) is 16.6 Å². The Kier molecular flexibility index (Phi) is 5.00. The highest BCUT2D eigenvalue weighted by atomic mass is 79.9. The first-order chi connectivity index (χ1) is 7.60. The van der Waals surface area contributed by atoms with Crippen LogP contribution in [0.3, 0.4) is 0 Å². The monoisotopic (exact) mass is 284 g/mol. The van der Waals surface area contributed by atoms with Gasteiger partial charge in [0.1, 0.15) is 12.0 Å². The van der Waals surface area contributed by atoms with E-state index in [0.29, 0.717) is 12.3 Å². The van der Waals surface area contributed by atoms with E-state index in [1.54, 1.807) is 7.11 Å². The van der Waals surface area contributed by atoms with Crippen LogP contribution in [-0.2, 0) is 11.2 Å². The standard InChI is InChI=1S/C13H17BrO2/c1-9(2)11-7-10(5-4-6-15)8-12(14)13(11)16-3/h6-9H,4-5H2,1-3H3. The molecule has 0 fully saturated rings. The van der Waals surface area contributed by atoms with Crippen molar-refractivity contribution in [2.45, 2.75) is 32.6 Å². The number of methoxy groups -OCH3 is 1. The van der Waals surface area contributed by atoms with Crippen LogP contribution in [0.5, 0.6) is 5.75 Å². The van der Waals surface area contributed by atoms with E-state index in [2.05, 4.69) is 35.8 Å². The molecule has 16 heavy (non-hydrogen) atoms. The molecule has 0 N–H and O–H groups in total. The summed E-state index contributed by atoms with van der Waals surface area (Å²) in [5.41, 5.74) is 2.35. The van der Waals surface area contributed by atoms with Gasteiger partial charge in [-0.1, -0.05) is 19.9 Å². The molecular formula is C13H17BrO2. The molecule has 1 aromatic rings. The van der Waals surface area contributed by atoms with Crippen LogP contribution in [0.25, 0.3) is 0 Å². The van der Waals surface area contributed by atoms with Crippen molar-refractivity contribution in [3.8, 4) is 5.75 Å². The number of aldehydes is 1. The van der Waals surface area contributed by atoms with Crippen molar-refractivity contribution in [3.05, 3.63) is 27.7 Å². The lowest BCUT2D eigenvalue weighted by molar-refractivity contribution is -0.107. The Morgan fingerprint density at radius 3 is 2.62 bits per heavy atom. The Morgan fingerprint density at radius 1 is 1.44 bits per heavy atom. The molecular weight excluding hydrogens is 268 g/mol. The maximum absolute atomic E-state index is 10.4. The van der Waals surface area contributed by atoms with E-state index in [9.17, 15) is 4.79 Å². The molecule has 0 atom stereocenters. The fraction of sp³-hybridized carbons (Fsp3) is 0.462. The van der Waals surface area contributed by atoms with Crippen LogP contribution in [0.4, 0.5) is 0 Å². The minimum absolute atomic E-state index is 0.405. The highest BCUT2D eigenvalue weighted by molar-refractivity contribution is 9.10. The molecule has 0 radical (unpaired) electrons. The SMILES string of the molecule is COc1c(Br)cc(CCC=O)cc1C(C)C. The summed E-state index contributed by atoms with van der Waals surface area (Å²) in [6.07, 6.45) is 2.30. The number of benzene rings is 1. The van der Waals surface area contributed by atoms with Gasteiger partial charge in [0.25, 0.3) is 0 Å². The smallest absolute Gasteiger partial charge is 0.136 e. The van der Waals surface area contributed by atoms with Crippen molar-refractivity contribution in [2.24, 2.45) is 0 Å². The molecule has 0 unspecified atom stereocenters. The van der Waals surface area contributed by atoms with Gasteiger partial charge in [-0.3, -0.25) is 0 Å². The van der Waals surface area contributed by atoms with Gasteiger partial charge < -0.3 is 9.53 Å². The summed E-state index contributed by atoms with van der Waals surface area (Å²) in [6, 6.07) is 4.14. The fourth-order valence-corrected chi connectivity index (χ4v) is 2.37. The number of ether oxygens (including phenoxy) is 1. The van der Waals surface area contributed by atoms with Gasteiger partial charge in [0.15, 0.2) is 0 Å². The molecule has 1 rings (SSSR count). The van der Waals surface area contributed by atoms with Crippen molar-refractivity contribution < 1.29 is 9.53 Å². The van der Waals surface area contributed by atoms with Crippen molar-refractivity contribution in [3.63, 3.8) is 0 Å². The van der Waals surface area contributed by atoms with Crippen LogP contribution in [-0.4, -0.2) is 13.4 Å². The van der Waals surface area contributed by atoms with Gasteiger partial charge in [-0.2, -0.15) is 0 Å². The third-order valence-electron chi connectivity index (χ3n) is 2.51. The number of halogens is 1. The maximum atomic E-state index is 10.4. The summed E-state index contributed by atoms with van der Waals surface area (Å²) in [5.74, 6) is 1.30. The Bertz CT molecular complexity index is 372. The molecule has 0 aliphatic carbocycles. The molecule has 0 bridgehead atoms. The predicted octanol–water partition coefficient (Wildman–Crippen LogP) is 3.71. The Labute approximate surface area is 105 Å². The second kappa shape index (κ2) is 6.04. The third kappa shape index (κ3) is 3.08. The number of aryl methyl sites for hydroxylation is 1. The second-order valence-corrected chi connectivity index (χ2v) is 4.91. The van der Waals surface area contributed by atoms with Crippen molar-refractivity contribution in [1.29, 1.82) is 0 Å². The van der Waals surface area contributed by atoms with E-state index < -0.39 is 0 Å². The van der Waals surface area contributed by atoms with Gasteiger partial charge in [-0.05, 0) is 45.5 Å². The molecule has 1 aromatic carbocycles. The van der Waals surface area contributed by atoms with Gasteiger partial charge in [0.2, 0.25) is 0 Å². The highest BCUT2D eigenvalue weighted by Crippen LogP contribution is 2.35. The number of carbonyl (C=O) groups is 1. The van der Waals surface area contributed by atoms with Crippen molar-refractivity contribution in [1.82, 2.24) is 0 Å². The zero-order valence-corrected chi connectivity index (χ0v) is 11.5. The number of hydrogen-bond acceptors (Lipinski definition) is 2. The van der Waals surface area contributed by atoms with E-state index in [1.165, 1.54) is 11.1 Å². The quantitative estimate of drug-likeness (QED) is 0.771. The van der Waals surface area contributed by atoms with E-state index in [4.69, 9.17) is 4.74 Å². The first kappa shape index (κ1) is 13.2. The molecule has 0 aromatic heterocycles. The van der Waals surface area contributed by atoms with Crippen molar-refractivity contribution >= 4 is 22.2 Å². The lowest BCUT2D eigenvalue weighted by Gasteiger charge is -2.15. The zero-order chi connectivity index (χ0) is 12.1. The van der Waals surface area contributed by atoms with Gasteiger partial charge in [0, 0.05) is 6.42 Å². The molecule has 88 valence electrons. The summed E-state index contributed by atoms with van der Waals surface area (Å²) in [6.45, 7) is 4.27. The molecule has 0 heterocycles. The lowest BCUT2D eigenvalue weighted by Crippen LogP contribution is -1.98. The Morgan fingerprint density at radius 2 is 2.12 bits per heavy atom. The second-order valence-electron chi connectivity index (χ2n) is 4.06. The average Bonchev–Trinajstić information content (AvgIpc) is 2.25. The Balaban J connectivity index is 3.11. The molecule has 0 aliphatic rings. The summed E-state index contributed by atoms with van der Waals surface area (Å²) >= 11 is 3.51. The van der Waals surface area contributed by atoms with E-state index in [1.807, 2.05) is 6.07 Å². The summed E-state index contributed by atoms with van der Waals surface area (Å²) in [7, 11) is 1.68.